The summed E-state index contributed by atoms with van der Waals surface area (Å²) in [6.07, 6.45) is 1.88. The van der Waals surface area contributed by atoms with E-state index in [0.717, 1.165) is 18.4 Å². The number of amides is 1. The molecule has 0 aliphatic carbocycles. The predicted octanol–water partition coefficient (Wildman–Crippen LogP) is 2.40. The van der Waals surface area contributed by atoms with Crippen molar-refractivity contribution >= 4 is 39.1 Å². The van der Waals surface area contributed by atoms with Gasteiger partial charge in [-0.15, -0.1) is 12.4 Å². The van der Waals surface area contributed by atoms with Crippen LogP contribution < -0.4 is 11.0 Å². The summed E-state index contributed by atoms with van der Waals surface area (Å²) in [5.74, 6) is -1.48. The van der Waals surface area contributed by atoms with Crippen LogP contribution >= 0.6 is 12.4 Å². The van der Waals surface area contributed by atoms with E-state index >= 15 is 0 Å². The maximum atomic E-state index is 15.0. The Kier molecular flexibility index (Phi) is 10.5. The minimum absolute atomic E-state index is 0. The van der Waals surface area contributed by atoms with Crippen LogP contribution in [0.25, 0.3) is 22.0 Å². The second-order valence-corrected chi connectivity index (χ2v) is 11.7. The third kappa shape index (κ3) is 6.75. The van der Waals surface area contributed by atoms with Crippen LogP contribution in [0.4, 0.5) is 4.39 Å². The molecule has 0 saturated heterocycles. The largest absolute Gasteiger partial charge is 0.383 e. The van der Waals surface area contributed by atoms with Crippen molar-refractivity contribution < 1.29 is 27.5 Å². The number of rotatable bonds is 11. The van der Waals surface area contributed by atoms with Gasteiger partial charge in [-0.25, -0.2) is 23.3 Å². The van der Waals surface area contributed by atoms with Gasteiger partial charge in [0.2, 0.25) is 0 Å². The lowest BCUT2D eigenvalue weighted by atomic mass is 10.0. The van der Waals surface area contributed by atoms with Crippen molar-refractivity contribution in [3.05, 3.63) is 64.5 Å². The lowest BCUT2D eigenvalue weighted by Gasteiger charge is -2.25. The summed E-state index contributed by atoms with van der Waals surface area (Å²) in [7, 11) is -0.353. The van der Waals surface area contributed by atoms with Crippen molar-refractivity contribution in [2.24, 2.45) is 0 Å². The van der Waals surface area contributed by atoms with E-state index in [2.05, 4.69) is 4.98 Å². The number of nitrogens with zero attached hydrogens (tertiary/aromatic N) is 3. The van der Waals surface area contributed by atoms with Crippen molar-refractivity contribution in [1.29, 1.82) is 0 Å². The van der Waals surface area contributed by atoms with E-state index in [1.807, 2.05) is 18.0 Å². The number of likely N-dealkylation sites (N-methyl/N-ethyl adjacent to an activating group) is 1. The number of nitrogens with one attached hydrogen (secondary N) is 1. The third-order valence-corrected chi connectivity index (χ3v) is 8.56. The average Bonchev–Trinajstić information content (AvgIpc) is 2.85. The first-order valence-electron chi connectivity index (χ1n) is 11.5. The quantitative estimate of drug-likeness (QED) is 0.265. The molecule has 1 aromatic heterocycles. The van der Waals surface area contributed by atoms with Gasteiger partial charge in [0.15, 0.2) is 14.6 Å². The highest BCUT2D eigenvalue weighted by Crippen LogP contribution is 2.27. The molecular weight excluding hydrogens is 539 g/mol. The zero-order valence-corrected chi connectivity index (χ0v) is 23.2. The van der Waals surface area contributed by atoms with Gasteiger partial charge in [-0.3, -0.25) is 24.3 Å². The fourth-order valence-corrected chi connectivity index (χ4v) is 4.78. The SMILES string of the molecule is COCCN(C)Cc1ccc(-c2ccc3c(=O)n(CC[C@](C)(C(=O)NO)S(C)(=O)=O)cnc3c2)c(F)c1.Cl. The molecule has 10 nitrogen and oxygen atoms in total. The number of aromatic nitrogens is 2. The van der Waals surface area contributed by atoms with Gasteiger partial charge >= 0.3 is 0 Å². The van der Waals surface area contributed by atoms with E-state index in [4.69, 9.17) is 9.94 Å². The monoisotopic (exact) mass is 570 g/mol. The van der Waals surface area contributed by atoms with Crippen LogP contribution in [0.1, 0.15) is 18.9 Å². The Labute approximate surface area is 226 Å². The van der Waals surface area contributed by atoms with Crippen LogP contribution in [0.3, 0.4) is 0 Å². The first-order chi connectivity index (χ1) is 17.4. The average molecular weight is 571 g/mol. The summed E-state index contributed by atoms with van der Waals surface area (Å²) in [4.78, 5) is 31.4. The molecular formula is C25H32ClFN4O6S. The molecule has 0 fully saturated rings. The van der Waals surface area contributed by atoms with Crippen LogP contribution in [-0.2, 0) is 32.5 Å². The smallest absolute Gasteiger partial charge is 0.264 e. The van der Waals surface area contributed by atoms with Crippen LogP contribution in [0.15, 0.2) is 47.5 Å². The summed E-state index contributed by atoms with van der Waals surface area (Å²) < 4.78 is 43.6. The van der Waals surface area contributed by atoms with Crippen molar-refractivity contribution in [1.82, 2.24) is 19.9 Å². The molecule has 1 amide bonds. The van der Waals surface area contributed by atoms with E-state index in [1.54, 1.807) is 31.4 Å². The molecule has 3 rings (SSSR count). The van der Waals surface area contributed by atoms with Crippen LogP contribution in [0, 0.1) is 5.82 Å². The van der Waals surface area contributed by atoms with Gasteiger partial charge in [0.25, 0.3) is 11.5 Å². The number of methoxy groups -OCH3 is 1. The van der Waals surface area contributed by atoms with E-state index in [-0.39, 0.29) is 30.8 Å². The van der Waals surface area contributed by atoms with E-state index in [9.17, 15) is 22.4 Å². The van der Waals surface area contributed by atoms with E-state index in [1.165, 1.54) is 29.4 Å². The van der Waals surface area contributed by atoms with Crippen LogP contribution in [0.2, 0.25) is 0 Å². The number of ether oxygens (including phenoxy) is 1. The second-order valence-electron chi connectivity index (χ2n) is 9.21. The lowest BCUT2D eigenvalue weighted by Crippen LogP contribution is -2.50. The first-order valence-corrected chi connectivity index (χ1v) is 13.4. The van der Waals surface area contributed by atoms with Crippen molar-refractivity contribution in [2.45, 2.75) is 31.2 Å². The highest BCUT2D eigenvalue weighted by molar-refractivity contribution is 7.92. The third-order valence-electron chi connectivity index (χ3n) is 6.53. The fraction of sp³-hybridized carbons (Fsp3) is 0.400. The number of carbonyl (C=O) groups excluding carboxylic acids is 1. The lowest BCUT2D eigenvalue weighted by molar-refractivity contribution is -0.131. The number of carbonyl (C=O) groups is 1. The zero-order chi connectivity index (χ0) is 27.4. The predicted molar refractivity (Wildman–Crippen MR) is 145 cm³/mol. The van der Waals surface area contributed by atoms with E-state index in [0.29, 0.717) is 29.8 Å². The molecule has 0 saturated carbocycles. The number of hydroxylamine groups is 1. The minimum atomic E-state index is -3.91. The molecule has 208 valence electrons. The highest BCUT2D eigenvalue weighted by atomic mass is 35.5. The molecule has 3 aromatic rings. The van der Waals surface area contributed by atoms with Crippen molar-refractivity contribution in [3.63, 3.8) is 0 Å². The van der Waals surface area contributed by atoms with Gasteiger partial charge in [-0.1, -0.05) is 18.2 Å². The van der Waals surface area contributed by atoms with Gasteiger partial charge in [0.05, 0.1) is 23.8 Å². The first kappa shape index (κ1) is 31.3. The van der Waals surface area contributed by atoms with Crippen molar-refractivity contribution in [2.75, 3.05) is 33.6 Å². The molecule has 13 heteroatoms. The fourth-order valence-electron chi connectivity index (χ4n) is 3.93. The van der Waals surface area contributed by atoms with E-state index < -0.39 is 31.9 Å². The van der Waals surface area contributed by atoms with Crippen molar-refractivity contribution in [3.8, 4) is 11.1 Å². The molecule has 0 spiro atoms. The summed E-state index contributed by atoms with van der Waals surface area (Å²) in [6.45, 7) is 2.91. The Morgan fingerprint density at radius 1 is 1.26 bits per heavy atom. The molecule has 1 heterocycles. The van der Waals surface area contributed by atoms with Gasteiger partial charge in [0.1, 0.15) is 5.82 Å². The van der Waals surface area contributed by atoms with Gasteiger partial charge in [0, 0.05) is 38.6 Å². The van der Waals surface area contributed by atoms with Gasteiger partial charge in [-0.05, 0) is 49.7 Å². The highest BCUT2D eigenvalue weighted by Gasteiger charge is 2.43. The second kappa shape index (κ2) is 12.8. The number of aryl methyl sites for hydroxylation is 1. The zero-order valence-electron chi connectivity index (χ0n) is 21.6. The molecule has 2 N–H and O–H groups in total. The van der Waals surface area contributed by atoms with Gasteiger partial charge in [-0.2, -0.15) is 0 Å². The molecule has 0 aliphatic rings. The topological polar surface area (TPSA) is 131 Å². The molecule has 38 heavy (non-hydrogen) atoms. The number of benzene rings is 2. The van der Waals surface area contributed by atoms with Crippen LogP contribution in [0.5, 0.6) is 0 Å². The molecule has 0 bridgehead atoms. The number of fused-ring (bicyclic) bond motifs is 1. The maximum absolute atomic E-state index is 15.0. The maximum Gasteiger partial charge on any atom is 0.264 e. The Bertz CT molecular complexity index is 1470. The summed E-state index contributed by atoms with van der Waals surface area (Å²) in [6, 6.07) is 9.80. The number of halogens is 2. The van der Waals surface area contributed by atoms with Gasteiger partial charge < -0.3 is 4.74 Å². The molecule has 0 radical (unpaired) electrons. The minimum Gasteiger partial charge on any atom is -0.383 e. The summed E-state index contributed by atoms with van der Waals surface area (Å²) >= 11 is 0. The molecule has 2 aromatic carbocycles. The Balaban J connectivity index is 0.00000507. The Morgan fingerprint density at radius 3 is 2.58 bits per heavy atom. The Morgan fingerprint density at radius 2 is 1.97 bits per heavy atom. The Hall–Kier alpha value is -2.90. The normalized spacial score (nSPS) is 13.2. The number of sulfone groups is 1. The number of hydrogen-bond donors (Lipinski definition) is 2. The molecule has 0 unspecified atom stereocenters. The molecule has 0 aliphatic heterocycles. The summed E-state index contributed by atoms with van der Waals surface area (Å²) in [5.41, 5.74) is 3.03. The molecule has 1 atom stereocenters. The standard InChI is InChI=1S/C25H31FN4O6S.ClH/c1-25(24(32)28-33,37(4,34)35)9-10-30-16-27-22-14-18(6-8-20(22)23(30)31)19-7-5-17(13-21(19)26)15-29(2)11-12-36-3;/h5-8,13-14,16,33H,9-12,15H2,1-4H3,(H,28,32);1H/t25-;/m1./s1. The number of hydrogen-bond acceptors (Lipinski definition) is 8. The van der Waals surface area contributed by atoms with Crippen LogP contribution in [-0.4, -0.2) is 72.3 Å². The summed E-state index contributed by atoms with van der Waals surface area (Å²) in [5, 5.41) is 9.23.